The standard InChI is InChI=1S/C20H25N7O7S2/c1-10-14(18(29)27(10)36(30,31)32)25-17(28)15(13-8-35-19(23)24-13)26-33-9-20(2,3)34-12-6-4-11(5-7-12)16(21)22/h4-8,10,14H,9H2,1-3H3,(H3,21,22)(H2,23,24)(H,25,28)(H,30,31,32)/b26-15-/t10-,14-/m0/s1. The highest BCUT2D eigenvalue weighted by atomic mass is 32.2. The first kappa shape index (κ1) is 26.8. The van der Waals surface area contributed by atoms with Crippen molar-refractivity contribution < 1.29 is 32.1 Å². The number of amidine groups is 1. The maximum absolute atomic E-state index is 12.9. The van der Waals surface area contributed by atoms with Crippen LogP contribution in [0.15, 0.2) is 34.8 Å². The SMILES string of the molecule is C[C@H]1[C@H](NC(=O)/C(=N\OCC(C)(C)Oc2ccc(C(=N)N)cc2)c2csc(N)n2)C(=O)N1S(=O)(=O)O. The molecule has 0 bridgehead atoms. The number of hydrogen-bond donors (Lipinski definition) is 5. The van der Waals surface area contributed by atoms with Crippen molar-refractivity contribution in [2.45, 2.75) is 38.5 Å². The number of carbonyl (C=O) groups excluding carboxylic acids is 2. The van der Waals surface area contributed by atoms with Crippen molar-refractivity contribution in [3.8, 4) is 5.75 Å². The summed E-state index contributed by atoms with van der Waals surface area (Å²) in [6, 6.07) is 4.33. The van der Waals surface area contributed by atoms with Crippen LogP contribution < -0.4 is 21.5 Å². The molecule has 0 saturated carbocycles. The summed E-state index contributed by atoms with van der Waals surface area (Å²) in [5, 5.41) is 15.3. The van der Waals surface area contributed by atoms with Gasteiger partial charge in [-0.15, -0.1) is 11.3 Å². The van der Waals surface area contributed by atoms with Gasteiger partial charge in [-0.25, -0.2) is 9.29 Å². The van der Waals surface area contributed by atoms with Crippen LogP contribution in [0, 0.1) is 5.41 Å². The summed E-state index contributed by atoms with van der Waals surface area (Å²) in [6.45, 7) is 4.69. The van der Waals surface area contributed by atoms with E-state index in [1.54, 1.807) is 38.1 Å². The molecule has 2 atom stereocenters. The summed E-state index contributed by atoms with van der Waals surface area (Å²) >= 11 is 1.05. The van der Waals surface area contributed by atoms with Gasteiger partial charge in [-0.05, 0) is 45.0 Å². The smallest absolute Gasteiger partial charge is 0.362 e. The van der Waals surface area contributed by atoms with Crippen LogP contribution in [0.3, 0.4) is 0 Å². The van der Waals surface area contributed by atoms with Gasteiger partial charge >= 0.3 is 10.3 Å². The van der Waals surface area contributed by atoms with Crippen LogP contribution in [-0.4, -0.2) is 69.9 Å². The van der Waals surface area contributed by atoms with E-state index in [0.717, 1.165) is 11.3 Å². The average Bonchev–Trinajstić information content (AvgIpc) is 3.20. The van der Waals surface area contributed by atoms with Gasteiger partial charge in [0, 0.05) is 10.9 Å². The second-order valence-electron chi connectivity index (χ2n) is 8.39. The number of thiazole rings is 1. The number of ether oxygens (including phenoxy) is 1. The number of nitrogens with zero attached hydrogens (tertiary/aromatic N) is 3. The number of nitrogen functional groups attached to an aromatic ring is 2. The van der Waals surface area contributed by atoms with Crippen molar-refractivity contribution in [2.24, 2.45) is 10.9 Å². The number of oxime groups is 1. The number of β-lactam (4-membered cyclic amide) rings is 1. The molecule has 36 heavy (non-hydrogen) atoms. The summed E-state index contributed by atoms with van der Waals surface area (Å²) in [4.78, 5) is 34.4. The number of carbonyl (C=O) groups is 2. The molecule has 0 aliphatic carbocycles. The van der Waals surface area contributed by atoms with Crippen molar-refractivity contribution >= 4 is 50.1 Å². The van der Waals surface area contributed by atoms with E-state index >= 15 is 0 Å². The Morgan fingerprint density at radius 1 is 1.36 bits per heavy atom. The van der Waals surface area contributed by atoms with Crippen molar-refractivity contribution in [3.05, 3.63) is 40.9 Å². The first-order valence-corrected chi connectivity index (χ1v) is 12.6. The third-order valence-electron chi connectivity index (χ3n) is 4.98. The number of nitrogens with two attached hydrogens (primary N) is 2. The molecular formula is C20H25N7O7S2. The lowest BCUT2D eigenvalue weighted by atomic mass is 10.0. The van der Waals surface area contributed by atoms with Crippen LogP contribution in [0.1, 0.15) is 32.0 Å². The molecule has 1 saturated heterocycles. The molecule has 0 spiro atoms. The van der Waals surface area contributed by atoms with Gasteiger partial charge in [0.05, 0.1) is 6.04 Å². The Hall–Kier alpha value is -3.76. The fourth-order valence-corrected chi connectivity index (χ4v) is 4.65. The number of rotatable bonds is 10. The van der Waals surface area contributed by atoms with E-state index in [4.69, 9.17) is 31.0 Å². The summed E-state index contributed by atoms with van der Waals surface area (Å²) in [6.07, 6.45) is 0. The minimum Gasteiger partial charge on any atom is -0.484 e. The summed E-state index contributed by atoms with van der Waals surface area (Å²) in [5.74, 6) is -1.44. The Morgan fingerprint density at radius 3 is 2.50 bits per heavy atom. The highest BCUT2D eigenvalue weighted by molar-refractivity contribution is 7.84. The lowest BCUT2D eigenvalue weighted by molar-refractivity contribution is -0.143. The predicted octanol–water partition coefficient (Wildman–Crippen LogP) is 0.106. The molecule has 1 aliphatic rings. The zero-order valence-electron chi connectivity index (χ0n) is 19.5. The van der Waals surface area contributed by atoms with Crippen molar-refractivity contribution in [1.82, 2.24) is 14.6 Å². The fraction of sp³-hybridized carbons (Fsp3) is 0.350. The Morgan fingerprint density at radius 2 is 2.00 bits per heavy atom. The van der Waals surface area contributed by atoms with Gasteiger partial charge in [0.15, 0.2) is 17.5 Å². The molecule has 14 nitrogen and oxygen atoms in total. The first-order valence-electron chi connectivity index (χ1n) is 10.4. The Balaban J connectivity index is 1.71. The van der Waals surface area contributed by atoms with Crippen LogP contribution in [0.25, 0.3) is 0 Å². The number of anilines is 1. The van der Waals surface area contributed by atoms with E-state index in [1.165, 1.54) is 12.3 Å². The number of nitrogens with one attached hydrogen (secondary N) is 2. The molecule has 0 unspecified atom stereocenters. The molecule has 1 aromatic carbocycles. The number of amides is 2. The van der Waals surface area contributed by atoms with Crippen LogP contribution >= 0.6 is 11.3 Å². The van der Waals surface area contributed by atoms with E-state index in [2.05, 4.69) is 15.5 Å². The molecule has 2 aromatic rings. The maximum Gasteiger partial charge on any atom is 0.362 e. The van der Waals surface area contributed by atoms with E-state index < -0.39 is 39.8 Å². The largest absolute Gasteiger partial charge is 0.484 e. The molecule has 16 heteroatoms. The van der Waals surface area contributed by atoms with Crippen LogP contribution in [-0.2, 0) is 24.7 Å². The molecule has 7 N–H and O–H groups in total. The van der Waals surface area contributed by atoms with Crippen LogP contribution in [0.2, 0.25) is 0 Å². The molecule has 2 amide bonds. The van der Waals surface area contributed by atoms with Crippen molar-refractivity contribution in [3.63, 3.8) is 0 Å². The molecule has 1 fully saturated rings. The van der Waals surface area contributed by atoms with Crippen molar-refractivity contribution in [2.75, 3.05) is 12.3 Å². The molecule has 1 aliphatic heterocycles. The topological polar surface area (TPSA) is 223 Å². The Bertz CT molecular complexity index is 1310. The minimum absolute atomic E-state index is 0.0735. The van der Waals surface area contributed by atoms with Gasteiger partial charge < -0.3 is 26.4 Å². The number of benzene rings is 1. The van der Waals surface area contributed by atoms with Crippen molar-refractivity contribution in [1.29, 1.82) is 5.41 Å². The average molecular weight is 540 g/mol. The second kappa shape index (κ2) is 10.1. The zero-order chi connectivity index (χ0) is 26.8. The van der Waals surface area contributed by atoms with E-state index in [9.17, 15) is 18.0 Å². The zero-order valence-corrected chi connectivity index (χ0v) is 21.1. The van der Waals surface area contributed by atoms with E-state index in [1.807, 2.05) is 0 Å². The third-order valence-corrected chi connectivity index (χ3v) is 6.66. The van der Waals surface area contributed by atoms with Crippen LogP contribution in [0.4, 0.5) is 5.13 Å². The van der Waals surface area contributed by atoms with E-state index in [-0.39, 0.29) is 33.3 Å². The maximum atomic E-state index is 12.9. The van der Waals surface area contributed by atoms with E-state index in [0.29, 0.717) is 11.3 Å². The second-order valence-corrected chi connectivity index (χ2v) is 10.6. The van der Waals surface area contributed by atoms with Gasteiger partial charge in [0.2, 0.25) is 0 Å². The summed E-state index contributed by atoms with van der Waals surface area (Å²) < 4.78 is 37.9. The molecule has 194 valence electrons. The van der Waals surface area contributed by atoms with Gasteiger partial charge in [-0.3, -0.25) is 19.6 Å². The highest BCUT2D eigenvalue weighted by Crippen LogP contribution is 2.23. The van der Waals surface area contributed by atoms with Gasteiger partial charge in [-0.2, -0.15) is 8.42 Å². The number of aromatic nitrogens is 1. The normalized spacial score (nSPS) is 18.4. The first-order chi connectivity index (χ1) is 16.7. The molecule has 1 aromatic heterocycles. The molecule has 3 rings (SSSR count). The monoisotopic (exact) mass is 539 g/mol. The molecular weight excluding hydrogens is 514 g/mol. The summed E-state index contributed by atoms with van der Waals surface area (Å²) in [5.41, 5.74) is 10.5. The molecule has 0 radical (unpaired) electrons. The third kappa shape index (κ3) is 6.07. The molecule has 2 heterocycles. The summed E-state index contributed by atoms with van der Waals surface area (Å²) in [7, 11) is -4.75. The Labute approximate surface area is 210 Å². The quantitative estimate of drug-likeness (QED) is 0.0900. The lowest BCUT2D eigenvalue weighted by Gasteiger charge is -2.42. The van der Waals surface area contributed by atoms with Gasteiger partial charge in [-0.1, -0.05) is 5.16 Å². The van der Waals surface area contributed by atoms with Gasteiger partial charge in [0.1, 0.15) is 28.9 Å². The fourth-order valence-electron chi connectivity index (χ4n) is 3.22. The predicted molar refractivity (Wildman–Crippen MR) is 131 cm³/mol. The highest BCUT2D eigenvalue weighted by Gasteiger charge is 2.51. The number of hydrogen-bond acceptors (Lipinski definition) is 11. The minimum atomic E-state index is -4.75. The van der Waals surface area contributed by atoms with Crippen LogP contribution in [0.5, 0.6) is 5.75 Å². The lowest BCUT2D eigenvalue weighted by Crippen LogP contribution is -2.71. The van der Waals surface area contributed by atoms with Gasteiger partial charge in [0.25, 0.3) is 11.8 Å². The Kier molecular flexibility index (Phi) is 7.51.